The van der Waals surface area contributed by atoms with Gasteiger partial charge in [0.2, 0.25) is 0 Å². The molecule has 0 fully saturated rings. The van der Waals surface area contributed by atoms with Crippen LogP contribution in [-0.4, -0.2) is 52.4 Å². The Morgan fingerprint density at radius 3 is 1.36 bits per heavy atom. The minimum absolute atomic E-state index is 0.452. The van der Waals surface area contributed by atoms with E-state index < -0.39 is 0 Å². The quantitative estimate of drug-likeness (QED) is 0.267. The number of hydrogen-bond donors (Lipinski definition) is 4. The average molecular weight is 357 g/mol. The van der Waals surface area contributed by atoms with Crippen molar-refractivity contribution in [3.05, 3.63) is 0 Å². The summed E-state index contributed by atoms with van der Waals surface area (Å²) in [6.07, 6.45) is 10.5. The van der Waals surface area contributed by atoms with Crippen LogP contribution in [0.25, 0.3) is 0 Å². The van der Waals surface area contributed by atoms with Gasteiger partial charge in [-0.25, -0.2) is 0 Å². The molecule has 0 spiro atoms. The summed E-state index contributed by atoms with van der Waals surface area (Å²) in [4.78, 5) is 0. The van der Waals surface area contributed by atoms with E-state index in [0.29, 0.717) is 5.41 Å². The molecular formula is C21H48N4. The normalized spacial score (nSPS) is 12.0. The molecule has 0 aromatic rings. The molecule has 0 saturated carbocycles. The van der Waals surface area contributed by atoms with Gasteiger partial charge in [0.15, 0.2) is 0 Å². The predicted molar refractivity (Wildman–Crippen MR) is 114 cm³/mol. The predicted octanol–water partition coefficient (Wildman–Crippen LogP) is 3.53. The highest BCUT2D eigenvalue weighted by molar-refractivity contribution is 4.63. The molecule has 0 aromatic carbocycles. The summed E-state index contributed by atoms with van der Waals surface area (Å²) in [6, 6.07) is 0. The van der Waals surface area contributed by atoms with E-state index in [2.05, 4.69) is 49.0 Å². The summed E-state index contributed by atoms with van der Waals surface area (Å²) in [7, 11) is 0. The molecule has 0 heterocycles. The van der Waals surface area contributed by atoms with E-state index in [1.807, 2.05) is 0 Å². The molecule has 0 aromatic heterocycles. The Morgan fingerprint density at radius 2 is 0.880 bits per heavy atom. The van der Waals surface area contributed by atoms with E-state index in [9.17, 15) is 0 Å². The molecule has 0 amide bonds. The molecule has 0 bridgehead atoms. The fourth-order valence-corrected chi connectivity index (χ4v) is 2.72. The first-order valence-electron chi connectivity index (χ1n) is 10.9. The maximum Gasteiger partial charge on any atom is -0.00368 e. The second-order valence-electron chi connectivity index (χ2n) is 8.39. The molecule has 0 aliphatic heterocycles. The van der Waals surface area contributed by atoms with Crippen molar-refractivity contribution in [2.24, 2.45) is 5.41 Å². The lowest BCUT2D eigenvalue weighted by molar-refractivity contribution is 0.366. The summed E-state index contributed by atoms with van der Waals surface area (Å²) in [6.45, 7) is 18.3. The summed E-state index contributed by atoms with van der Waals surface area (Å²) in [5, 5.41) is 14.0. The van der Waals surface area contributed by atoms with Crippen LogP contribution in [0.4, 0.5) is 0 Å². The molecule has 4 N–H and O–H groups in total. The Kier molecular flexibility index (Phi) is 18.5. The third-order valence-electron chi connectivity index (χ3n) is 4.42. The van der Waals surface area contributed by atoms with Crippen LogP contribution in [0.5, 0.6) is 0 Å². The van der Waals surface area contributed by atoms with Gasteiger partial charge in [0.1, 0.15) is 0 Å². The minimum Gasteiger partial charge on any atom is -0.317 e. The third kappa shape index (κ3) is 23.8. The molecule has 4 heteroatoms. The van der Waals surface area contributed by atoms with Crippen LogP contribution in [0.1, 0.15) is 79.1 Å². The molecule has 0 atom stereocenters. The van der Waals surface area contributed by atoms with E-state index in [4.69, 9.17) is 0 Å². The molecule has 0 radical (unpaired) electrons. The van der Waals surface area contributed by atoms with Gasteiger partial charge in [0, 0.05) is 0 Å². The van der Waals surface area contributed by atoms with Crippen LogP contribution in [0.3, 0.4) is 0 Å². The highest BCUT2D eigenvalue weighted by atomic mass is 14.9. The molecule has 25 heavy (non-hydrogen) atoms. The maximum absolute atomic E-state index is 3.57. The monoisotopic (exact) mass is 356 g/mol. The van der Waals surface area contributed by atoms with Gasteiger partial charge in [-0.3, -0.25) is 0 Å². The topological polar surface area (TPSA) is 48.1 Å². The van der Waals surface area contributed by atoms with Crippen molar-refractivity contribution in [2.75, 3.05) is 52.4 Å². The van der Waals surface area contributed by atoms with E-state index in [1.54, 1.807) is 0 Å². The Morgan fingerprint density at radius 1 is 0.480 bits per heavy atom. The smallest absolute Gasteiger partial charge is 0.00368 e. The Hall–Kier alpha value is -0.160. The van der Waals surface area contributed by atoms with Crippen molar-refractivity contribution in [1.29, 1.82) is 0 Å². The number of nitrogens with one attached hydrogen (secondary N) is 4. The molecule has 0 aliphatic carbocycles. The first-order valence-corrected chi connectivity index (χ1v) is 10.9. The van der Waals surface area contributed by atoms with E-state index >= 15 is 0 Å². The fraction of sp³-hybridized carbons (Fsp3) is 1.00. The second kappa shape index (κ2) is 18.6. The lowest BCUT2D eigenvalue weighted by atomic mass is 9.92. The highest BCUT2D eigenvalue weighted by Gasteiger charge is 2.08. The van der Waals surface area contributed by atoms with Crippen molar-refractivity contribution in [2.45, 2.75) is 79.1 Å². The van der Waals surface area contributed by atoms with Crippen molar-refractivity contribution in [3.8, 4) is 0 Å². The van der Waals surface area contributed by atoms with Gasteiger partial charge in [-0.2, -0.15) is 0 Å². The first-order chi connectivity index (χ1) is 12.1. The van der Waals surface area contributed by atoms with Gasteiger partial charge < -0.3 is 21.3 Å². The van der Waals surface area contributed by atoms with Crippen LogP contribution in [-0.2, 0) is 0 Å². The third-order valence-corrected chi connectivity index (χ3v) is 4.42. The Labute approximate surface area is 158 Å². The molecule has 0 saturated heterocycles. The van der Waals surface area contributed by atoms with Crippen LogP contribution in [0.15, 0.2) is 0 Å². The van der Waals surface area contributed by atoms with Crippen molar-refractivity contribution >= 4 is 0 Å². The maximum atomic E-state index is 3.57. The molecule has 152 valence electrons. The first kappa shape index (κ1) is 24.8. The SMILES string of the molecule is CCNCCCNCCCCCCCNCCCNCCC(C)(C)C. The van der Waals surface area contributed by atoms with Crippen LogP contribution < -0.4 is 21.3 Å². The standard InChI is InChI=1S/C21H48N4/c1-5-22-16-11-17-23-14-9-7-6-8-10-15-24-18-12-19-25-20-13-21(2,3)4/h22-25H,5-20H2,1-4H3. The number of hydrogen-bond acceptors (Lipinski definition) is 4. The Balaban J connectivity index is 3.01. The number of unbranched alkanes of at least 4 members (excludes halogenated alkanes) is 4. The molecule has 0 rings (SSSR count). The second-order valence-corrected chi connectivity index (χ2v) is 8.39. The van der Waals surface area contributed by atoms with E-state index in [-0.39, 0.29) is 0 Å². The van der Waals surface area contributed by atoms with Crippen molar-refractivity contribution in [1.82, 2.24) is 21.3 Å². The van der Waals surface area contributed by atoms with Gasteiger partial charge in [-0.05, 0) is 89.9 Å². The van der Waals surface area contributed by atoms with Gasteiger partial charge in [0.05, 0.1) is 0 Å². The summed E-state index contributed by atoms with van der Waals surface area (Å²) < 4.78 is 0. The molecule has 4 nitrogen and oxygen atoms in total. The minimum atomic E-state index is 0.452. The lowest BCUT2D eigenvalue weighted by Crippen LogP contribution is -2.25. The van der Waals surface area contributed by atoms with E-state index in [0.717, 1.165) is 39.3 Å². The van der Waals surface area contributed by atoms with Gasteiger partial charge in [-0.15, -0.1) is 0 Å². The van der Waals surface area contributed by atoms with Crippen LogP contribution >= 0.6 is 0 Å². The molecule has 0 unspecified atom stereocenters. The number of rotatable bonds is 19. The summed E-state index contributed by atoms with van der Waals surface area (Å²) >= 11 is 0. The zero-order valence-electron chi connectivity index (χ0n) is 17.8. The van der Waals surface area contributed by atoms with Gasteiger partial charge in [-0.1, -0.05) is 47.0 Å². The largest absolute Gasteiger partial charge is 0.317 e. The summed E-state index contributed by atoms with van der Waals surface area (Å²) in [5.41, 5.74) is 0.452. The Bertz CT molecular complexity index is 251. The van der Waals surface area contributed by atoms with Gasteiger partial charge >= 0.3 is 0 Å². The van der Waals surface area contributed by atoms with E-state index in [1.165, 1.54) is 64.5 Å². The highest BCUT2D eigenvalue weighted by Crippen LogP contribution is 2.16. The van der Waals surface area contributed by atoms with Gasteiger partial charge in [0.25, 0.3) is 0 Å². The summed E-state index contributed by atoms with van der Waals surface area (Å²) in [5.74, 6) is 0. The zero-order valence-corrected chi connectivity index (χ0v) is 17.8. The van der Waals surface area contributed by atoms with Crippen LogP contribution in [0.2, 0.25) is 0 Å². The molecule has 0 aliphatic rings. The average Bonchev–Trinajstić information content (AvgIpc) is 2.56. The lowest BCUT2D eigenvalue weighted by Gasteiger charge is -2.18. The van der Waals surface area contributed by atoms with Crippen molar-refractivity contribution < 1.29 is 0 Å². The van der Waals surface area contributed by atoms with Crippen molar-refractivity contribution in [3.63, 3.8) is 0 Å². The fourth-order valence-electron chi connectivity index (χ4n) is 2.72. The molecular weight excluding hydrogens is 308 g/mol. The van der Waals surface area contributed by atoms with Crippen LogP contribution in [0, 0.1) is 5.41 Å². The zero-order chi connectivity index (χ0) is 18.6.